The molecule has 6 nitrogen and oxygen atoms in total. The molecule has 0 radical (unpaired) electrons. The first kappa shape index (κ1) is 19.5. The van der Waals surface area contributed by atoms with Crippen molar-refractivity contribution in [2.45, 2.75) is 32.6 Å². The summed E-state index contributed by atoms with van der Waals surface area (Å²) in [4.78, 5) is 28.3. The predicted molar refractivity (Wildman–Crippen MR) is 105 cm³/mol. The Labute approximate surface area is 161 Å². The zero-order chi connectivity index (χ0) is 19.2. The highest BCUT2D eigenvalue weighted by Crippen LogP contribution is 2.32. The van der Waals surface area contributed by atoms with Crippen LogP contribution in [0.4, 0.5) is 4.79 Å². The minimum absolute atomic E-state index is 0.0204. The van der Waals surface area contributed by atoms with Gasteiger partial charge in [-0.05, 0) is 55.7 Å². The molecule has 0 aromatic heterocycles. The predicted octanol–water partition coefficient (Wildman–Crippen LogP) is 2.53. The zero-order valence-electron chi connectivity index (χ0n) is 16.4. The molecule has 6 heteroatoms. The molecular formula is C21H31N3O3. The molecule has 1 atom stereocenters. The fraction of sp³-hybridized carbons (Fsp3) is 0.619. The number of carbonyl (C=O) groups excluding carboxylic acids is 2. The maximum Gasteiger partial charge on any atom is 0.317 e. The number of piperidine rings is 1. The van der Waals surface area contributed by atoms with Gasteiger partial charge < -0.3 is 19.9 Å². The minimum atomic E-state index is 0.0204. The third kappa shape index (κ3) is 4.93. The summed E-state index contributed by atoms with van der Waals surface area (Å²) in [6.07, 6.45) is 3.62. The van der Waals surface area contributed by atoms with Crippen molar-refractivity contribution in [3.63, 3.8) is 0 Å². The molecule has 27 heavy (non-hydrogen) atoms. The van der Waals surface area contributed by atoms with Crippen molar-refractivity contribution in [2.75, 3.05) is 39.8 Å². The maximum absolute atomic E-state index is 12.7. The normalized spacial score (nSPS) is 20.6. The van der Waals surface area contributed by atoms with E-state index in [1.807, 2.05) is 41.0 Å². The van der Waals surface area contributed by atoms with Crippen LogP contribution in [-0.2, 0) is 11.2 Å². The Hall–Kier alpha value is -2.24. The highest BCUT2D eigenvalue weighted by Gasteiger charge is 2.34. The number of urea groups is 1. The van der Waals surface area contributed by atoms with Gasteiger partial charge in [-0.3, -0.25) is 4.79 Å². The van der Waals surface area contributed by atoms with Crippen LogP contribution in [0.15, 0.2) is 24.3 Å². The van der Waals surface area contributed by atoms with Crippen molar-refractivity contribution in [1.29, 1.82) is 0 Å². The molecular weight excluding hydrogens is 342 g/mol. The Morgan fingerprint density at radius 2 is 1.67 bits per heavy atom. The fourth-order valence-corrected chi connectivity index (χ4v) is 4.29. The molecule has 1 N–H and O–H groups in total. The van der Waals surface area contributed by atoms with Crippen molar-refractivity contribution < 1.29 is 14.3 Å². The largest absolute Gasteiger partial charge is 0.494 e. The molecule has 0 saturated carbocycles. The second-order valence-corrected chi connectivity index (χ2v) is 7.52. The number of nitrogens with zero attached hydrogens (tertiary/aromatic N) is 2. The number of hydrogen-bond acceptors (Lipinski definition) is 3. The first-order chi connectivity index (χ1) is 13.1. The van der Waals surface area contributed by atoms with E-state index in [0.29, 0.717) is 24.9 Å². The molecule has 148 valence electrons. The second kappa shape index (κ2) is 9.11. The van der Waals surface area contributed by atoms with Crippen molar-refractivity contribution in [3.8, 4) is 5.75 Å². The summed E-state index contributed by atoms with van der Waals surface area (Å²) in [5.74, 6) is 2.25. The standard InChI is InChI=1S/C21H31N3O3/c1-3-27-19-6-4-16(5-7-19)14-20(25)24-13-10-18(15-24)17-8-11-23(12-9-17)21(26)22-2/h4-7,17-18H,3,8-15H2,1-2H3,(H,22,26). The Kier molecular flexibility index (Phi) is 6.58. The van der Waals surface area contributed by atoms with E-state index in [1.54, 1.807) is 7.05 Å². The number of carbonyl (C=O) groups is 2. The van der Waals surface area contributed by atoms with E-state index in [-0.39, 0.29) is 11.9 Å². The van der Waals surface area contributed by atoms with Gasteiger partial charge in [0.05, 0.1) is 13.0 Å². The van der Waals surface area contributed by atoms with Crippen molar-refractivity contribution in [1.82, 2.24) is 15.1 Å². The number of likely N-dealkylation sites (tertiary alicyclic amines) is 2. The van der Waals surface area contributed by atoms with Crippen molar-refractivity contribution in [2.24, 2.45) is 11.8 Å². The lowest BCUT2D eigenvalue weighted by Crippen LogP contribution is -2.44. The van der Waals surface area contributed by atoms with E-state index in [4.69, 9.17) is 4.74 Å². The van der Waals surface area contributed by atoms with Gasteiger partial charge in [-0.1, -0.05) is 12.1 Å². The Morgan fingerprint density at radius 1 is 1.04 bits per heavy atom. The van der Waals surface area contributed by atoms with Crippen LogP contribution in [0.5, 0.6) is 5.75 Å². The van der Waals surface area contributed by atoms with Crippen LogP contribution in [0.1, 0.15) is 31.7 Å². The van der Waals surface area contributed by atoms with Gasteiger partial charge in [-0.2, -0.15) is 0 Å². The molecule has 0 spiro atoms. The van der Waals surface area contributed by atoms with E-state index in [2.05, 4.69) is 5.32 Å². The molecule has 2 aliphatic rings. The van der Waals surface area contributed by atoms with E-state index >= 15 is 0 Å². The van der Waals surface area contributed by atoms with Gasteiger partial charge in [0.25, 0.3) is 0 Å². The molecule has 2 heterocycles. The molecule has 3 amide bonds. The van der Waals surface area contributed by atoms with Crippen LogP contribution in [0, 0.1) is 11.8 Å². The van der Waals surface area contributed by atoms with Gasteiger partial charge >= 0.3 is 6.03 Å². The molecule has 1 aromatic carbocycles. The summed E-state index contributed by atoms with van der Waals surface area (Å²) >= 11 is 0. The van der Waals surface area contributed by atoms with Crippen LogP contribution in [0.25, 0.3) is 0 Å². The first-order valence-electron chi connectivity index (χ1n) is 10.1. The van der Waals surface area contributed by atoms with Gasteiger partial charge in [0.1, 0.15) is 5.75 Å². The minimum Gasteiger partial charge on any atom is -0.494 e. The zero-order valence-corrected chi connectivity index (χ0v) is 16.4. The molecule has 1 aromatic rings. The van der Waals surface area contributed by atoms with Gasteiger partial charge in [0.2, 0.25) is 5.91 Å². The van der Waals surface area contributed by atoms with E-state index in [0.717, 1.165) is 56.8 Å². The third-order valence-electron chi connectivity index (χ3n) is 5.87. The SMILES string of the molecule is CCOc1ccc(CC(=O)N2CCC(C3CCN(C(=O)NC)CC3)C2)cc1. The summed E-state index contributed by atoms with van der Waals surface area (Å²) in [7, 11) is 1.68. The van der Waals surface area contributed by atoms with Gasteiger partial charge in [0.15, 0.2) is 0 Å². The van der Waals surface area contributed by atoms with Gasteiger partial charge in [-0.25, -0.2) is 4.79 Å². The Bertz CT molecular complexity index is 639. The fourth-order valence-electron chi connectivity index (χ4n) is 4.29. The van der Waals surface area contributed by atoms with Gasteiger partial charge in [0, 0.05) is 33.2 Å². The molecule has 3 rings (SSSR count). The van der Waals surface area contributed by atoms with Gasteiger partial charge in [-0.15, -0.1) is 0 Å². The Morgan fingerprint density at radius 3 is 2.30 bits per heavy atom. The van der Waals surface area contributed by atoms with Crippen LogP contribution >= 0.6 is 0 Å². The number of amides is 3. The summed E-state index contributed by atoms with van der Waals surface area (Å²) < 4.78 is 5.45. The number of nitrogens with one attached hydrogen (secondary N) is 1. The molecule has 1 unspecified atom stereocenters. The topological polar surface area (TPSA) is 61.9 Å². The van der Waals surface area contributed by atoms with Crippen LogP contribution in [0.2, 0.25) is 0 Å². The summed E-state index contributed by atoms with van der Waals surface area (Å²) in [6.45, 7) is 5.97. The van der Waals surface area contributed by atoms with Crippen molar-refractivity contribution in [3.05, 3.63) is 29.8 Å². The van der Waals surface area contributed by atoms with E-state index in [9.17, 15) is 9.59 Å². The lowest BCUT2D eigenvalue weighted by atomic mass is 9.84. The lowest BCUT2D eigenvalue weighted by Gasteiger charge is -2.34. The molecule has 2 fully saturated rings. The van der Waals surface area contributed by atoms with Crippen LogP contribution in [0.3, 0.4) is 0 Å². The molecule has 0 aliphatic carbocycles. The number of benzene rings is 1. The monoisotopic (exact) mass is 373 g/mol. The molecule has 0 bridgehead atoms. The number of rotatable bonds is 5. The van der Waals surface area contributed by atoms with Crippen LogP contribution < -0.4 is 10.1 Å². The number of hydrogen-bond donors (Lipinski definition) is 1. The maximum atomic E-state index is 12.7. The summed E-state index contributed by atoms with van der Waals surface area (Å²) in [5.41, 5.74) is 1.03. The Balaban J connectivity index is 1.46. The lowest BCUT2D eigenvalue weighted by molar-refractivity contribution is -0.129. The highest BCUT2D eigenvalue weighted by molar-refractivity contribution is 5.79. The molecule has 2 aliphatic heterocycles. The average Bonchev–Trinajstić information content (AvgIpc) is 3.19. The first-order valence-corrected chi connectivity index (χ1v) is 10.1. The second-order valence-electron chi connectivity index (χ2n) is 7.52. The average molecular weight is 373 g/mol. The highest BCUT2D eigenvalue weighted by atomic mass is 16.5. The summed E-state index contributed by atoms with van der Waals surface area (Å²) in [6, 6.07) is 7.83. The van der Waals surface area contributed by atoms with Crippen LogP contribution in [-0.4, -0.2) is 61.6 Å². The smallest absolute Gasteiger partial charge is 0.317 e. The van der Waals surface area contributed by atoms with E-state index in [1.165, 1.54) is 0 Å². The summed E-state index contributed by atoms with van der Waals surface area (Å²) in [5, 5.41) is 2.70. The van der Waals surface area contributed by atoms with Crippen molar-refractivity contribution >= 4 is 11.9 Å². The van der Waals surface area contributed by atoms with E-state index < -0.39 is 0 Å². The molecule has 2 saturated heterocycles. The number of ether oxygens (including phenoxy) is 1. The third-order valence-corrected chi connectivity index (χ3v) is 5.87. The quantitative estimate of drug-likeness (QED) is 0.863.